The molecule has 0 aliphatic heterocycles. The van der Waals surface area contributed by atoms with Crippen LogP contribution >= 0.6 is 15.9 Å². The van der Waals surface area contributed by atoms with Crippen molar-refractivity contribution in [1.82, 2.24) is 0 Å². The first-order chi connectivity index (χ1) is 19.2. The molecule has 10 nitrogen and oxygen atoms in total. The third-order valence-electron chi connectivity index (χ3n) is 4.54. The summed E-state index contributed by atoms with van der Waals surface area (Å²) in [6.07, 6.45) is -2.17. The number of carbonyl (C=O) groups excluding carboxylic acids is 4. The van der Waals surface area contributed by atoms with Gasteiger partial charge in [-0.1, -0.05) is 42.5 Å². The van der Waals surface area contributed by atoms with Crippen molar-refractivity contribution in [3.05, 3.63) is 101 Å². The van der Waals surface area contributed by atoms with E-state index >= 15 is 0 Å². The summed E-state index contributed by atoms with van der Waals surface area (Å²) < 4.78 is 44.9. The van der Waals surface area contributed by atoms with Crippen LogP contribution in [0.2, 0.25) is 0 Å². The van der Waals surface area contributed by atoms with E-state index in [0.29, 0.717) is 21.1 Å². The SMILES string of the molecule is CC(=O)c1cc(-c2cccc(C(=O)O)c2)co1.O=C(c1cc(Br)co1)C(F)(F)F.O=C=O.OB(O)c1ccccc1. The molecule has 0 unspecified atom stereocenters. The van der Waals surface area contributed by atoms with Crippen molar-refractivity contribution in [2.45, 2.75) is 13.1 Å². The number of Topliss-reactive ketones (excluding diaryl/α,β-unsaturated/α-hetero) is 2. The third kappa shape index (κ3) is 12.0. The molecule has 0 fully saturated rings. The van der Waals surface area contributed by atoms with Gasteiger partial charge in [0.15, 0.2) is 17.3 Å². The van der Waals surface area contributed by atoms with E-state index in [0.717, 1.165) is 12.3 Å². The molecule has 4 aromatic rings. The Balaban J connectivity index is 0.000000307. The number of carboxylic acid groups (broad SMARTS) is 1. The Morgan fingerprint density at radius 1 is 0.854 bits per heavy atom. The molecule has 0 saturated heterocycles. The highest BCUT2D eigenvalue weighted by atomic mass is 79.9. The maximum atomic E-state index is 11.7. The topological polar surface area (TPSA) is 172 Å². The number of furan rings is 2. The van der Waals surface area contributed by atoms with E-state index in [2.05, 4.69) is 20.3 Å². The Morgan fingerprint density at radius 3 is 1.85 bits per heavy atom. The fraction of sp³-hybridized carbons (Fsp3) is 0.0769. The Labute approximate surface area is 238 Å². The summed E-state index contributed by atoms with van der Waals surface area (Å²) in [5.74, 6) is -3.57. The first-order valence-electron chi connectivity index (χ1n) is 10.9. The zero-order valence-corrected chi connectivity index (χ0v) is 22.4. The zero-order valence-electron chi connectivity index (χ0n) is 20.8. The van der Waals surface area contributed by atoms with Gasteiger partial charge in [-0.3, -0.25) is 9.59 Å². The van der Waals surface area contributed by atoms with Gasteiger partial charge in [0.05, 0.1) is 16.3 Å². The standard InChI is InChI=1S/C13H10O4.C6H7BO2.C6H2BrF3O2.CO2/c1-8(14)12-6-11(7-17-12)9-3-2-4-10(5-9)13(15)16;8-7(9)6-4-2-1-3-5-6;7-3-1-4(12-2-3)5(11)6(8,9)10;2-1-3/h2-7H,1H3,(H,15,16);1-5,8-9H;1-2H;. The monoisotopic (exact) mass is 638 g/mol. The molecule has 0 saturated carbocycles. The van der Waals surface area contributed by atoms with E-state index in [-0.39, 0.29) is 23.3 Å². The minimum atomic E-state index is -4.88. The van der Waals surface area contributed by atoms with Gasteiger partial charge in [-0.25, -0.2) is 4.79 Å². The molecule has 3 N–H and O–H groups in total. The first-order valence-corrected chi connectivity index (χ1v) is 11.7. The molecule has 0 bridgehead atoms. The van der Waals surface area contributed by atoms with Gasteiger partial charge in [-0.2, -0.15) is 22.8 Å². The van der Waals surface area contributed by atoms with Gasteiger partial charge in [0.2, 0.25) is 0 Å². The molecule has 2 heterocycles. The van der Waals surface area contributed by atoms with E-state index in [1.54, 1.807) is 42.5 Å². The van der Waals surface area contributed by atoms with Crippen LogP contribution in [0.25, 0.3) is 11.1 Å². The molecule has 0 spiro atoms. The van der Waals surface area contributed by atoms with Gasteiger partial charge >= 0.3 is 31.2 Å². The Bertz CT molecular complexity index is 1470. The molecular weight excluding hydrogens is 620 g/mol. The number of halogens is 4. The normalized spacial score (nSPS) is 9.83. The lowest BCUT2D eigenvalue weighted by atomic mass is 9.81. The van der Waals surface area contributed by atoms with Crippen LogP contribution in [0, 0.1) is 0 Å². The summed E-state index contributed by atoms with van der Waals surface area (Å²) in [7, 11) is -1.34. The van der Waals surface area contributed by atoms with Crippen LogP contribution < -0.4 is 5.46 Å². The molecule has 4 rings (SSSR count). The molecule has 2 aromatic carbocycles. The van der Waals surface area contributed by atoms with Gasteiger partial charge in [0.1, 0.15) is 6.26 Å². The van der Waals surface area contributed by atoms with Gasteiger partial charge in [0, 0.05) is 18.6 Å². The van der Waals surface area contributed by atoms with Crippen molar-refractivity contribution >= 4 is 52.2 Å². The molecular formula is C26H19BBrF3O10. The second-order valence-corrected chi connectivity index (χ2v) is 8.38. The molecule has 2 aromatic heterocycles. The number of alkyl halides is 3. The van der Waals surface area contributed by atoms with Crippen LogP contribution in [0.5, 0.6) is 0 Å². The summed E-state index contributed by atoms with van der Waals surface area (Å²) in [5, 5.41) is 26.0. The molecule has 41 heavy (non-hydrogen) atoms. The number of hydrogen-bond donors (Lipinski definition) is 3. The van der Waals surface area contributed by atoms with Gasteiger partial charge in [-0.15, -0.1) is 0 Å². The summed E-state index contributed by atoms with van der Waals surface area (Å²) in [5.41, 5.74) is 2.13. The van der Waals surface area contributed by atoms with Crippen LogP contribution in [-0.2, 0) is 9.59 Å². The predicted molar refractivity (Wildman–Crippen MR) is 139 cm³/mol. The highest BCUT2D eigenvalue weighted by Gasteiger charge is 2.41. The minimum Gasteiger partial charge on any atom is -0.478 e. The fourth-order valence-corrected chi connectivity index (χ4v) is 3.00. The zero-order chi connectivity index (χ0) is 31.2. The lowest BCUT2D eigenvalue weighted by Crippen LogP contribution is -2.29. The van der Waals surface area contributed by atoms with Gasteiger partial charge in [-0.05, 0) is 45.2 Å². The summed E-state index contributed by atoms with van der Waals surface area (Å²) >= 11 is 2.85. The smallest absolute Gasteiger partial charge is 0.478 e. The van der Waals surface area contributed by atoms with E-state index in [1.165, 1.54) is 25.3 Å². The van der Waals surface area contributed by atoms with Gasteiger partial charge < -0.3 is 24.0 Å². The second kappa shape index (κ2) is 16.5. The van der Waals surface area contributed by atoms with Crippen LogP contribution in [0.4, 0.5) is 13.2 Å². The minimum absolute atomic E-state index is 0.161. The van der Waals surface area contributed by atoms with Crippen molar-refractivity contribution in [2.75, 3.05) is 0 Å². The molecule has 0 aliphatic carbocycles. The number of benzene rings is 2. The largest absolute Gasteiger partial charge is 0.488 e. The fourth-order valence-electron chi connectivity index (χ4n) is 2.70. The van der Waals surface area contributed by atoms with Crippen LogP contribution in [-0.4, -0.2) is 52.1 Å². The maximum absolute atomic E-state index is 11.7. The first kappa shape index (κ1) is 34.5. The number of carbonyl (C=O) groups is 3. The second-order valence-electron chi connectivity index (χ2n) is 7.47. The van der Waals surface area contributed by atoms with E-state index in [4.69, 9.17) is 29.2 Å². The molecule has 0 radical (unpaired) electrons. The highest BCUT2D eigenvalue weighted by Crippen LogP contribution is 2.25. The van der Waals surface area contributed by atoms with Crippen LogP contribution in [0.1, 0.15) is 38.4 Å². The Morgan fingerprint density at radius 2 is 1.44 bits per heavy atom. The van der Waals surface area contributed by atoms with E-state index in [1.807, 2.05) is 6.07 Å². The summed E-state index contributed by atoms with van der Waals surface area (Å²) in [6, 6.07) is 17.7. The summed E-state index contributed by atoms with van der Waals surface area (Å²) in [6.45, 7) is 1.41. The third-order valence-corrected chi connectivity index (χ3v) is 4.95. The maximum Gasteiger partial charge on any atom is 0.488 e. The quantitative estimate of drug-likeness (QED) is 0.210. The van der Waals surface area contributed by atoms with Crippen molar-refractivity contribution in [1.29, 1.82) is 0 Å². The lowest BCUT2D eigenvalue weighted by molar-refractivity contribution is -0.191. The average Bonchev–Trinajstić information content (AvgIpc) is 3.59. The van der Waals surface area contributed by atoms with Crippen molar-refractivity contribution < 1.29 is 61.1 Å². The molecule has 15 heteroatoms. The Kier molecular flexibility index (Phi) is 13.9. The Hall–Kier alpha value is -4.56. The van der Waals surface area contributed by atoms with Crippen molar-refractivity contribution in [2.24, 2.45) is 0 Å². The van der Waals surface area contributed by atoms with Crippen molar-refractivity contribution in [3.8, 4) is 11.1 Å². The number of aromatic carboxylic acids is 1. The predicted octanol–water partition coefficient (Wildman–Crippen LogP) is 4.42. The molecule has 214 valence electrons. The molecule has 0 amide bonds. The number of ketones is 2. The van der Waals surface area contributed by atoms with Gasteiger partial charge in [0.25, 0.3) is 0 Å². The van der Waals surface area contributed by atoms with Crippen LogP contribution in [0.3, 0.4) is 0 Å². The number of hydrogen-bond acceptors (Lipinski definition) is 9. The lowest BCUT2D eigenvalue weighted by Gasteiger charge is -1.99. The van der Waals surface area contributed by atoms with Crippen LogP contribution in [0.15, 0.2) is 92.6 Å². The van der Waals surface area contributed by atoms with Crippen molar-refractivity contribution in [3.63, 3.8) is 0 Å². The number of rotatable bonds is 5. The van der Waals surface area contributed by atoms with E-state index in [9.17, 15) is 27.6 Å². The summed E-state index contributed by atoms with van der Waals surface area (Å²) in [4.78, 5) is 48.6. The van der Waals surface area contributed by atoms with E-state index < -0.39 is 30.8 Å². The number of carboxylic acids is 1. The molecule has 0 atom stereocenters. The molecule has 0 aliphatic rings. The highest BCUT2D eigenvalue weighted by molar-refractivity contribution is 9.10. The average molecular weight is 639 g/mol.